The number of rotatable bonds is 6. The number of thiophene rings is 1. The highest BCUT2D eigenvalue weighted by atomic mass is 79.9. The maximum Gasteiger partial charge on any atom is 0.436 e. The van der Waals surface area contributed by atoms with Crippen molar-refractivity contribution in [2.45, 2.75) is 24.4 Å². The van der Waals surface area contributed by atoms with Crippen molar-refractivity contribution < 1.29 is 31.1 Å². The summed E-state index contributed by atoms with van der Waals surface area (Å²) in [7, 11) is -3.42. The fourth-order valence-electron chi connectivity index (χ4n) is 2.79. The second-order valence-electron chi connectivity index (χ2n) is 6.42. The van der Waals surface area contributed by atoms with Crippen molar-refractivity contribution in [2.75, 3.05) is 12.9 Å². The van der Waals surface area contributed by atoms with Gasteiger partial charge in [-0.05, 0) is 52.7 Å². The lowest BCUT2D eigenvalue weighted by Gasteiger charge is -2.07. The summed E-state index contributed by atoms with van der Waals surface area (Å²) in [4.78, 5) is 16.3. The summed E-state index contributed by atoms with van der Waals surface area (Å²) in [6.07, 6.45) is -4.08. The molecular weight excluding hydrogens is 521 g/mol. The van der Waals surface area contributed by atoms with Gasteiger partial charge in [-0.15, -0.1) is 11.3 Å². The molecule has 166 valence electrons. The fourth-order valence-corrected chi connectivity index (χ4v) is 5.31. The number of hydrogen-bond acceptors (Lipinski definition) is 6. The molecule has 0 aliphatic heterocycles. The van der Waals surface area contributed by atoms with E-state index in [2.05, 4.69) is 20.9 Å². The van der Waals surface area contributed by atoms with Gasteiger partial charge in [0.25, 0.3) is 0 Å². The van der Waals surface area contributed by atoms with Gasteiger partial charge in [-0.25, -0.2) is 13.4 Å². The standard InChI is InChI=1S/C19H16BrF3N2O4S2/c1-3-29-16(26)10-14-24-17(19(21,22)23)18(20)25(14)15-8-7-13(30-15)11-5-4-6-12(9-11)31(2,27)28/h4-9H,3,10H2,1-2H3. The Labute approximate surface area is 188 Å². The maximum absolute atomic E-state index is 13.4. The van der Waals surface area contributed by atoms with Crippen LogP contribution in [0.15, 0.2) is 45.9 Å². The fraction of sp³-hybridized carbons (Fsp3) is 0.263. The molecular formula is C19H16BrF3N2O4S2. The molecule has 6 nitrogen and oxygen atoms in total. The number of nitrogens with zero attached hydrogens (tertiary/aromatic N) is 2. The lowest BCUT2D eigenvalue weighted by Crippen LogP contribution is -2.12. The Balaban J connectivity index is 2.08. The predicted octanol–water partition coefficient (Wildman–Crippen LogP) is 4.89. The molecule has 0 atom stereocenters. The number of halogens is 4. The minimum Gasteiger partial charge on any atom is -0.466 e. The van der Waals surface area contributed by atoms with Crippen LogP contribution in [0.3, 0.4) is 0 Å². The smallest absolute Gasteiger partial charge is 0.436 e. The molecule has 2 aromatic heterocycles. The molecule has 3 aromatic rings. The number of aromatic nitrogens is 2. The van der Waals surface area contributed by atoms with Gasteiger partial charge in [0, 0.05) is 11.1 Å². The van der Waals surface area contributed by atoms with E-state index in [9.17, 15) is 26.4 Å². The molecule has 1 aromatic carbocycles. The van der Waals surface area contributed by atoms with Gasteiger partial charge < -0.3 is 4.74 Å². The van der Waals surface area contributed by atoms with E-state index in [0.717, 1.165) is 17.6 Å². The van der Waals surface area contributed by atoms with E-state index in [0.29, 0.717) is 15.4 Å². The number of hydrogen-bond donors (Lipinski definition) is 0. The van der Waals surface area contributed by atoms with Crippen LogP contribution in [0, 0.1) is 0 Å². The zero-order chi connectivity index (χ0) is 23.0. The van der Waals surface area contributed by atoms with Gasteiger partial charge in [-0.2, -0.15) is 13.2 Å². The minimum absolute atomic E-state index is 0.0899. The largest absolute Gasteiger partial charge is 0.466 e. The van der Waals surface area contributed by atoms with Gasteiger partial charge in [0.2, 0.25) is 0 Å². The molecule has 0 fully saturated rings. The summed E-state index contributed by atoms with van der Waals surface area (Å²) in [5, 5.41) is 0.369. The number of imidazole rings is 1. The van der Waals surface area contributed by atoms with Gasteiger partial charge in [0.15, 0.2) is 15.5 Å². The van der Waals surface area contributed by atoms with Crippen molar-refractivity contribution in [1.29, 1.82) is 0 Å². The summed E-state index contributed by atoms with van der Waals surface area (Å²) >= 11 is 4.09. The quantitative estimate of drug-likeness (QED) is 0.419. The zero-order valence-electron chi connectivity index (χ0n) is 16.2. The first kappa shape index (κ1) is 23.5. The number of benzene rings is 1. The summed E-state index contributed by atoms with van der Waals surface area (Å²) in [5.41, 5.74) is -0.556. The van der Waals surface area contributed by atoms with E-state index < -0.39 is 34.1 Å². The van der Waals surface area contributed by atoms with Gasteiger partial charge >= 0.3 is 12.1 Å². The Bertz CT molecular complexity index is 1230. The van der Waals surface area contributed by atoms with Crippen LogP contribution >= 0.6 is 27.3 Å². The van der Waals surface area contributed by atoms with Crippen LogP contribution in [0.4, 0.5) is 13.2 Å². The van der Waals surface area contributed by atoms with Crippen molar-refractivity contribution in [3.63, 3.8) is 0 Å². The molecule has 0 radical (unpaired) electrons. The van der Waals surface area contributed by atoms with Crippen molar-refractivity contribution in [3.8, 4) is 15.4 Å². The predicted molar refractivity (Wildman–Crippen MR) is 113 cm³/mol. The monoisotopic (exact) mass is 536 g/mol. The minimum atomic E-state index is -4.72. The molecule has 0 saturated carbocycles. The van der Waals surface area contributed by atoms with Gasteiger partial charge in [0.1, 0.15) is 21.8 Å². The normalized spacial score (nSPS) is 12.2. The SMILES string of the molecule is CCOC(=O)Cc1nc(C(F)(F)F)c(Br)n1-c1ccc(-c2cccc(S(C)(=O)=O)c2)s1. The van der Waals surface area contributed by atoms with Crippen molar-refractivity contribution >= 4 is 43.1 Å². The van der Waals surface area contributed by atoms with Crippen LogP contribution in [0.1, 0.15) is 18.4 Å². The molecule has 12 heteroatoms. The highest BCUT2D eigenvalue weighted by Crippen LogP contribution is 2.39. The number of carbonyl (C=O) groups excluding carboxylic acids is 1. The van der Waals surface area contributed by atoms with Gasteiger partial charge in [0.05, 0.1) is 11.5 Å². The molecule has 31 heavy (non-hydrogen) atoms. The zero-order valence-corrected chi connectivity index (χ0v) is 19.5. The van der Waals surface area contributed by atoms with Gasteiger partial charge in [-0.3, -0.25) is 9.36 Å². The maximum atomic E-state index is 13.4. The Hall–Kier alpha value is -2.18. The van der Waals surface area contributed by atoms with Crippen molar-refractivity contribution in [2.24, 2.45) is 0 Å². The van der Waals surface area contributed by atoms with Crippen LogP contribution in [-0.4, -0.2) is 36.8 Å². The number of ether oxygens (including phenoxy) is 1. The summed E-state index contributed by atoms with van der Waals surface area (Å²) in [6, 6.07) is 9.49. The summed E-state index contributed by atoms with van der Waals surface area (Å²) in [5.74, 6) is -0.830. The van der Waals surface area contributed by atoms with Crippen LogP contribution in [0.5, 0.6) is 0 Å². The first-order chi connectivity index (χ1) is 14.4. The summed E-state index contributed by atoms with van der Waals surface area (Å²) in [6.45, 7) is 1.68. The third kappa shape index (κ3) is 5.18. The topological polar surface area (TPSA) is 78.3 Å². The van der Waals surface area contributed by atoms with Crippen LogP contribution in [0.2, 0.25) is 0 Å². The average molecular weight is 537 g/mol. The number of alkyl halides is 3. The number of carbonyl (C=O) groups is 1. The molecule has 2 heterocycles. The third-order valence-electron chi connectivity index (χ3n) is 4.13. The molecule has 0 bridgehead atoms. The average Bonchev–Trinajstić information content (AvgIpc) is 3.25. The van der Waals surface area contributed by atoms with Crippen LogP contribution in [0.25, 0.3) is 15.4 Å². The molecule has 0 spiro atoms. The van der Waals surface area contributed by atoms with E-state index >= 15 is 0 Å². The first-order valence-electron chi connectivity index (χ1n) is 8.82. The number of esters is 1. The van der Waals surface area contributed by atoms with E-state index in [4.69, 9.17) is 4.74 Å². The molecule has 0 amide bonds. The lowest BCUT2D eigenvalue weighted by atomic mass is 10.2. The molecule has 3 rings (SSSR count). The molecule has 0 saturated heterocycles. The second-order valence-corrected chi connectivity index (χ2v) is 10.2. The molecule has 0 N–H and O–H groups in total. The second kappa shape index (κ2) is 8.75. The Morgan fingerprint density at radius 1 is 1.26 bits per heavy atom. The highest BCUT2D eigenvalue weighted by molar-refractivity contribution is 9.10. The van der Waals surface area contributed by atoms with Crippen molar-refractivity contribution in [1.82, 2.24) is 9.55 Å². The Kier molecular flexibility index (Phi) is 6.63. The van der Waals surface area contributed by atoms with E-state index in [1.807, 2.05) is 0 Å². The Morgan fingerprint density at radius 2 is 1.97 bits per heavy atom. The Morgan fingerprint density at radius 3 is 2.58 bits per heavy atom. The van der Waals surface area contributed by atoms with E-state index in [1.165, 1.54) is 16.7 Å². The van der Waals surface area contributed by atoms with Crippen LogP contribution in [-0.2, 0) is 32.0 Å². The number of sulfone groups is 1. The van der Waals surface area contributed by atoms with E-state index in [-0.39, 0.29) is 21.9 Å². The third-order valence-corrected chi connectivity index (χ3v) is 7.09. The van der Waals surface area contributed by atoms with Crippen LogP contribution < -0.4 is 0 Å². The van der Waals surface area contributed by atoms with E-state index in [1.54, 1.807) is 31.2 Å². The first-order valence-corrected chi connectivity index (χ1v) is 12.3. The molecule has 0 aliphatic rings. The van der Waals surface area contributed by atoms with Crippen molar-refractivity contribution in [3.05, 3.63) is 52.5 Å². The lowest BCUT2D eigenvalue weighted by molar-refractivity contribution is -0.143. The molecule has 0 aliphatic carbocycles. The summed E-state index contributed by atoms with van der Waals surface area (Å²) < 4.78 is 69.5. The molecule has 0 unspecified atom stereocenters. The highest BCUT2D eigenvalue weighted by Gasteiger charge is 2.39. The van der Waals surface area contributed by atoms with Gasteiger partial charge in [-0.1, -0.05) is 12.1 Å².